The summed E-state index contributed by atoms with van der Waals surface area (Å²) in [6, 6.07) is -0.990. The molecule has 0 aliphatic heterocycles. The number of hydrogen-bond acceptors (Lipinski definition) is 4. The molecule has 1 amide bonds. The van der Waals surface area contributed by atoms with Crippen molar-refractivity contribution >= 4 is 11.9 Å². The summed E-state index contributed by atoms with van der Waals surface area (Å²) in [5, 5.41) is 18.3. The largest absolute Gasteiger partial charge is 0.480 e. The molecule has 0 spiro atoms. The molecule has 0 radical (unpaired) electrons. The number of carboxylic acids is 1. The van der Waals surface area contributed by atoms with Crippen LogP contribution in [0.25, 0.3) is 0 Å². The maximum absolute atomic E-state index is 10.9. The van der Waals surface area contributed by atoms with Crippen LogP contribution in [0.1, 0.15) is 12.8 Å². The van der Waals surface area contributed by atoms with Crippen LogP contribution in [-0.2, 0) is 9.59 Å². The zero-order valence-corrected chi connectivity index (χ0v) is 8.59. The lowest BCUT2D eigenvalue weighted by Gasteiger charge is -2.23. The lowest BCUT2D eigenvalue weighted by atomic mass is 9.89. The second-order valence-electron chi connectivity index (χ2n) is 3.75. The van der Waals surface area contributed by atoms with Crippen molar-refractivity contribution in [3.05, 3.63) is 23.8 Å². The Morgan fingerprint density at radius 3 is 2.56 bits per heavy atom. The van der Waals surface area contributed by atoms with Gasteiger partial charge in [-0.1, -0.05) is 12.2 Å². The van der Waals surface area contributed by atoms with E-state index in [0.717, 1.165) is 0 Å². The van der Waals surface area contributed by atoms with Crippen molar-refractivity contribution in [2.75, 3.05) is 0 Å². The fraction of sp³-hybridized carbons (Fsp3) is 0.400. The van der Waals surface area contributed by atoms with Crippen LogP contribution in [0.4, 0.5) is 0 Å². The van der Waals surface area contributed by atoms with Crippen molar-refractivity contribution in [2.45, 2.75) is 24.5 Å². The Morgan fingerprint density at radius 1 is 1.56 bits per heavy atom. The number of aliphatic carboxylic acids is 1. The molecule has 1 aliphatic carbocycles. The average molecular weight is 226 g/mol. The number of primary amides is 1. The average Bonchev–Trinajstić information content (AvgIpc) is 2.21. The number of carbonyl (C=O) groups excluding carboxylic acids is 1. The van der Waals surface area contributed by atoms with Gasteiger partial charge in [0.1, 0.15) is 6.04 Å². The summed E-state index contributed by atoms with van der Waals surface area (Å²) in [4.78, 5) is 21.4. The number of hydrogen-bond donors (Lipinski definition) is 4. The van der Waals surface area contributed by atoms with E-state index in [1.807, 2.05) is 0 Å². The molecule has 0 aromatic heterocycles. The topological polar surface area (TPSA) is 127 Å². The molecule has 2 atom stereocenters. The standard InChI is InChI=1S/C10H14N2O4/c11-7(8(13)14)5-6-1-3-10(16,4-2-6)9(12)15/h1-3,7,16H,4-5,11H2,(H2,12,15)(H,13,14)/t7-,10?/m1/s1. The van der Waals surface area contributed by atoms with E-state index in [0.29, 0.717) is 5.57 Å². The number of allylic oxidation sites excluding steroid dienone is 1. The summed E-state index contributed by atoms with van der Waals surface area (Å²) in [6.45, 7) is 0. The van der Waals surface area contributed by atoms with E-state index in [2.05, 4.69) is 0 Å². The van der Waals surface area contributed by atoms with Crippen molar-refractivity contribution < 1.29 is 19.8 Å². The minimum atomic E-state index is -1.67. The molecule has 6 heteroatoms. The fourth-order valence-corrected chi connectivity index (χ4v) is 1.34. The third-order valence-corrected chi connectivity index (χ3v) is 2.45. The molecular formula is C10H14N2O4. The van der Waals surface area contributed by atoms with E-state index in [1.54, 1.807) is 6.08 Å². The van der Waals surface area contributed by atoms with Crippen LogP contribution in [0.2, 0.25) is 0 Å². The van der Waals surface area contributed by atoms with Crippen LogP contribution in [0.5, 0.6) is 0 Å². The van der Waals surface area contributed by atoms with Gasteiger partial charge >= 0.3 is 5.97 Å². The van der Waals surface area contributed by atoms with Gasteiger partial charge in [-0.05, 0) is 18.1 Å². The van der Waals surface area contributed by atoms with Crippen LogP contribution in [0.3, 0.4) is 0 Å². The lowest BCUT2D eigenvalue weighted by molar-refractivity contribution is -0.138. The Morgan fingerprint density at radius 2 is 2.19 bits per heavy atom. The van der Waals surface area contributed by atoms with Gasteiger partial charge in [0, 0.05) is 6.42 Å². The molecule has 0 aromatic rings. The summed E-state index contributed by atoms with van der Waals surface area (Å²) in [6.07, 6.45) is 4.49. The number of nitrogens with two attached hydrogens (primary N) is 2. The zero-order valence-electron chi connectivity index (χ0n) is 8.59. The Labute approximate surface area is 92.2 Å². The molecule has 0 saturated carbocycles. The SMILES string of the molecule is NC(=O)C1(O)C=CC(C[C@@H](N)C(=O)O)=CC1. The molecule has 0 fully saturated rings. The minimum Gasteiger partial charge on any atom is -0.480 e. The Kier molecular flexibility index (Phi) is 3.46. The number of aliphatic hydroxyl groups is 1. The van der Waals surface area contributed by atoms with Gasteiger partial charge in [-0.15, -0.1) is 0 Å². The summed E-state index contributed by atoms with van der Waals surface area (Å²) >= 11 is 0. The van der Waals surface area contributed by atoms with Gasteiger partial charge in [0.15, 0.2) is 5.60 Å². The van der Waals surface area contributed by atoms with Gasteiger partial charge in [-0.3, -0.25) is 9.59 Å². The molecule has 0 saturated heterocycles. The predicted molar refractivity (Wildman–Crippen MR) is 56.2 cm³/mol. The maximum Gasteiger partial charge on any atom is 0.320 e. The second kappa shape index (κ2) is 4.46. The summed E-state index contributed by atoms with van der Waals surface area (Å²) in [7, 11) is 0. The van der Waals surface area contributed by atoms with E-state index in [-0.39, 0.29) is 12.8 Å². The van der Waals surface area contributed by atoms with Crippen LogP contribution in [0.15, 0.2) is 23.8 Å². The highest BCUT2D eigenvalue weighted by Gasteiger charge is 2.31. The zero-order chi connectivity index (χ0) is 12.3. The van der Waals surface area contributed by atoms with Gasteiger partial charge in [0.2, 0.25) is 0 Å². The fourth-order valence-electron chi connectivity index (χ4n) is 1.34. The van der Waals surface area contributed by atoms with Crippen LogP contribution in [0, 0.1) is 0 Å². The highest BCUT2D eigenvalue weighted by molar-refractivity contribution is 5.86. The quantitative estimate of drug-likeness (QED) is 0.483. The first-order chi connectivity index (χ1) is 7.35. The van der Waals surface area contributed by atoms with Gasteiger partial charge in [-0.25, -0.2) is 0 Å². The van der Waals surface area contributed by atoms with Gasteiger partial charge < -0.3 is 21.7 Å². The monoisotopic (exact) mass is 226 g/mol. The van der Waals surface area contributed by atoms with E-state index in [4.69, 9.17) is 16.6 Å². The molecule has 1 aliphatic rings. The normalized spacial score (nSPS) is 26.0. The molecular weight excluding hydrogens is 212 g/mol. The van der Waals surface area contributed by atoms with E-state index in [9.17, 15) is 14.7 Å². The molecule has 6 N–H and O–H groups in total. The van der Waals surface area contributed by atoms with Gasteiger partial charge in [0.25, 0.3) is 5.91 Å². The summed E-state index contributed by atoms with van der Waals surface area (Å²) < 4.78 is 0. The van der Waals surface area contributed by atoms with E-state index < -0.39 is 23.5 Å². The van der Waals surface area contributed by atoms with Gasteiger partial charge in [0.05, 0.1) is 0 Å². The maximum atomic E-state index is 10.9. The first-order valence-corrected chi connectivity index (χ1v) is 4.74. The van der Waals surface area contributed by atoms with Crippen molar-refractivity contribution in [2.24, 2.45) is 11.5 Å². The lowest BCUT2D eigenvalue weighted by Crippen LogP contribution is -2.42. The molecule has 0 aromatic carbocycles. The van der Waals surface area contributed by atoms with Crippen LogP contribution in [-0.4, -0.2) is 33.7 Å². The molecule has 0 heterocycles. The Hall–Kier alpha value is -1.66. The Bertz CT molecular complexity index is 375. The Balaban J connectivity index is 2.65. The first-order valence-electron chi connectivity index (χ1n) is 4.74. The third-order valence-electron chi connectivity index (χ3n) is 2.45. The number of carboxylic acid groups (broad SMARTS) is 1. The molecule has 0 bridgehead atoms. The highest BCUT2D eigenvalue weighted by atomic mass is 16.4. The van der Waals surface area contributed by atoms with Crippen molar-refractivity contribution in [1.29, 1.82) is 0 Å². The smallest absolute Gasteiger partial charge is 0.320 e. The van der Waals surface area contributed by atoms with E-state index >= 15 is 0 Å². The second-order valence-corrected chi connectivity index (χ2v) is 3.75. The molecule has 6 nitrogen and oxygen atoms in total. The number of rotatable bonds is 4. The predicted octanol–water partition coefficient (Wildman–Crippen LogP) is -1.11. The van der Waals surface area contributed by atoms with Crippen molar-refractivity contribution in [3.8, 4) is 0 Å². The molecule has 16 heavy (non-hydrogen) atoms. The molecule has 1 rings (SSSR count). The van der Waals surface area contributed by atoms with Crippen LogP contribution < -0.4 is 11.5 Å². The minimum absolute atomic E-state index is 0.0422. The molecule has 88 valence electrons. The highest BCUT2D eigenvalue weighted by Crippen LogP contribution is 2.22. The van der Waals surface area contributed by atoms with Crippen molar-refractivity contribution in [3.63, 3.8) is 0 Å². The van der Waals surface area contributed by atoms with Crippen molar-refractivity contribution in [1.82, 2.24) is 0 Å². The number of carbonyl (C=O) groups is 2. The first kappa shape index (κ1) is 12.4. The third kappa shape index (κ3) is 2.68. The van der Waals surface area contributed by atoms with Gasteiger partial charge in [-0.2, -0.15) is 0 Å². The molecule has 1 unspecified atom stereocenters. The summed E-state index contributed by atoms with van der Waals surface area (Å²) in [5.74, 6) is -1.92. The van der Waals surface area contributed by atoms with Crippen LogP contribution >= 0.6 is 0 Å². The number of amides is 1. The summed E-state index contributed by atoms with van der Waals surface area (Å²) in [5.41, 5.74) is 9.35. The van der Waals surface area contributed by atoms with E-state index in [1.165, 1.54) is 12.2 Å².